The molecule has 0 unspecified atom stereocenters. The third-order valence-corrected chi connectivity index (χ3v) is 5.19. The van der Waals surface area contributed by atoms with E-state index in [1.54, 1.807) is 0 Å². The minimum absolute atomic E-state index is 0.640. The van der Waals surface area contributed by atoms with E-state index >= 15 is 0 Å². The Hall–Kier alpha value is -1.31. The predicted octanol–water partition coefficient (Wildman–Crippen LogP) is 5.09. The number of hydrogen-bond acceptors (Lipinski definition) is 1. The minimum atomic E-state index is -0.644. The second kappa shape index (κ2) is 7.11. The lowest BCUT2D eigenvalue weighted by Gasteiger charge is -2.37. The zero-order valence-corrected chi connectivity index (χ0v) is 13.4. The van der Waals surface area contributed by atoms with Crippen molar-refractivity contribution in [2.45, 2.75) is 70.6 Å². The maximum Gasteiger partial charge on any atom is 0.314 e. The molecule has 0 bridgehead atoms. The molecule has 0 amide bonds. The molecular weight excluding hydrogens is 260 g/mol. The van der Waals surface area contributed by atoms with E-state index in [0.29, 0.717) is 0 Å². The lowest BCUT2D eigenvalue weighted by Crippen LogP contribution is -2.39. The van der Waals surface area contributed by atoms with Gasteiger partial charge in [-0.25, -0.2) is 0 Å². The molecule has 0 spiro atoms. The number of hydrogen-bond donors (Lipinski definition) is 1. The molecule has 2 heteroatoms. The molecule has 0 heterocycles. The molecule has 2 rings (SSSR count). The van der Waals surface area contributed by atoms with Crippen LogP contribution in [0.5, 0.6) is 0 Å². The van der Waals surface area contributed by atoms with Crippen LogP contribution in [0.3, 0.4) is 0 Å². The van der Waals surface area contributed by atoms with E-state index in [2.05, 4.69) is 6.92 Å². The summed E-state index contributed by atoms with van der Waals surface area (Å²) in [5.41, 5.74) is 1.54. The first-order valence-electron chi connectivity index (χ1n) is 8.39. The lowest BCUT2D eigenvalue weighted by molar-refractivity contribution is -0.145. The summed E-state index contributed by atoms with van der Waals surface area (Å²) in [5, 5.41) is 9.81. The molecule has 2 nitrogen and oxygen atoms in total. The van der Waals surface area contributed by atoms with E-state index in [0.717, 1.165) is 37.2 Å². The van der Waals surface area contributed by atoms with E-state index in [9.17, 15) is 9.90 Å². The van der Waals surface area contributed by atoms with Gasteiger partial charge in [-0.1, -0.05) is 62.4 Å². The summed E-state index contributed by atoms with van der Waals surface area (Å²) in [4.78, 5) is 11.9. The number of carboxylic acids is 1. The fourth-order valence-corrected chi connectivity index (χ4v) is 3.64. The Morgan fingerprint density at radius 2 is 1.81 bits per heavy atom. The van der Waals surface area contributed by atoms with Crippen LogP contribution in [0.15, 0.2) is 24.3 Å². The van der Waals surface area contributed by atoms with Crippen molar-refractivity contribution in [2.24, 2.45) is 5.92 Å². The van der Waals surface area contributed by atoms with Crippen molar-refractivity contribution < 1.29 is 9.90 Å². The van der Waals surface area contributed by atoms with Crippen molar-refractivity contribution >= 4 is 5.97 Å². The highest BCUT2D eigenvalue weighted by atomic mass is 16.4. The summed E-state index contributed by atoms with van der Waals surface area (Å²) < 4.78 is 0. The summed E-state index contributed by atoms with van der Waals surface area (Å²) in [7, 11) is 0. The minimum Gasteiger partial charge on any atom is -0.481 e. The highest BCUT2D eigenvalue weighted by molar-refractivity contribution is 5.81. The van der Waals surface area contributed by atoms with Crippen LogP contribution in [0.25, 0.3) is 0 Å². The van der Waals surface area contributed by atoms with Gasteiger partial charge >= 0.3 is 5.97 Å². The number of aryl methyl sites for hydroxylation is 1. The molecule has 1 saturated carbocycles. The van der Waals surface area contributed by atoms with Gasteiger partial charge in [0.15, 0.2) is 0 Å². The fraction of sp³-hybridized carbons (Fsp3) is 0.632. The average molecular weight is 288 g/mol. The van der Waals surface area contributed by atoms with Crippen molar-refractivity contribution in [1.82, 2.24) is 0 Å². The molecule has 0 aromatic heterocycles. The van der Waals surface area contributed by atoms with Gasteiger partial charge in [-0.3, -0.25) is 4.79 Å². The Bertz CT molecular complexity index is 453. The Kier molecular flexibility index (Phi) is 5.44. The average Bonchev–Trinajstić information content (AvgIpc) is 2.49. The van der Waals surface area contributed by atoms with Crippen molar-refractivity contribution in [3.63, 3.8) is 0 Å². The van der Waals surface area contributed by atoms with E-state index < -0.39 is 11.4 Å². The van der Waals surface area contributed by atoms with E-state index in [1.165, 1.54) is 31.2 Å². The molecule has 116 valence electrons. The van der Waals surface area contributed by atoms with Crippen LogP contribution < -0.4 is 0 Å². The predicted molar refractivity (Wildman–Crippen MR) is 86.6 cm³/mol. The highest BCUT2D eigenvalue weighted by Gasteiger charge is 2.43. The third-order valence-electron chi connectivity index (χ3n) is 5.19. The van der Waals surface area contributed by atoms with Gasteiger partial charge in [-0.05, 0) is 44.1 Å². The Morgan fingerprint density at radius 3 is 2.33 bits per heavy atom. The number of aliphatic carboxylic acids is 1. The summed E-state index contributed by atoms with van der Waals surface area (Å²) in [6, 6.07) is 8.10. The number of unbranched alkanes of at least 4 members (excludes halogenated alkanes) is 2. The second-order valence-corrected chi connectivity index (χ2v) is 6.69. The maximum absolute atomic E-state index is 11.9. The largest absolute Gasteiger partial charge is 0.481 e. The normalized spacial score (nSPS) is 25.7. The van der Waals surface area contributed by atoms with Gasteiger partial charge in [0.25, 0.3) is 0 Å². The van der Waals surface area contributed by atoms with Crippen LogP contribution in [-0.4, -0.2) is 11.1 Å². The maximum atomic E-state index is 11.9. The van der Waals surface area contributed by atoms with Gasteiger partial charge in [0.05, 0.1) is 5.41 Å². The molecule has 0 aliphatic heterocycles. The number of carboxylic acid groups (broad SMARTS) is 1. The van der Waals surface area contributed by atoms with Crippen LogP contribution in [0.4, 0.5) is 0 Å². The molecule has 1 fully saturated rings. The van der Waals surface area contributed by atoms with E-state index in [-0.39, 0.29) is 0 Å². The molecule has 1 aromatic rings. The van der Waals surface area contributed by atoms with Gasteiger partial charge in [-0.2, -0.15) is 0 Å². The molecule has 0 radical (unpaired) electrons. The van der Waals surface area contributed by atoms with Crippen LogP contribution >= 0.6 is 0 Å². The molecule has 1 aromatic carbocycles. The first-order valence-corrected chi connectivity index (χ1v) is 8.39. The molecule has 21 heavy (non-hydrogen) atoms. The van der Waals surface area contributed by atoms with Gasteiger partial charge in [0.2, 0.25) is 0 Å². The zero-order valence-electron chi connectivity index (χ0n) is 13.4. The topological polar surface area (TPSA) is 37.3 Å². The SMILES string of the molecule is CCCCCC1CCC(C(=O)O)(c2ccc(C)cc2)CC1. The zero-order chi connectivity index (χ0) is 15.3. The molecule has 1 aliphatic carbocycles. The molecule has 1 aliphatic rings. The summed E-state index contributed by atoms with van der Waals surface area (Å²) in [5.74, 6) is 0.0906. The van der Waals surface area contributed by atoms with Crippen LogP contribution in [-0.2, 0) is 10.2 Å². The molecule has 0 atom stereocenters. The Labute approximate surface area is 128 Å². The summed E-state index contributed by atoms with van der Waals surface area (Å²) in [6.07, 6.45) is 8.84. The van der Waals surface area contributed by atoms with Crippen LogP contribution in [0.2, 0.25) is 0 Å². The van der Waals surface area contributed by atoms with Crippen molar-refractivity contribution in [3.05, 3.63) is 35.4 Å². The quantitative estimate of drug-likeness (QED) is 0.740. The first-order chi connectivity index (χ1) is 10.1. The fourth-order valence-electron chi connectivity index (χ4n) is 3.64. The van der Waals surface area contributed by atoms with Crippen molar-refractivity contribution in [2.75, 3.05) is 0 Å². The van der Waals surface area contributed by atoms with Gasteiger partial charge in [0.1, 0.15) is 0 Å². The third kappa shape index (κ3) is 3.66. The van der Waals surface area contributed by atoms with Crippen molar-refractivity contribution in [3.8, 4) is 0 Å². The Morgan fingerprint density at radius 1 is 1.19 bits per heavy atom. The highest BCUT2D eigenvalue weighted by Crippen LogP contribution is 2.43. The van der Waals surface area contributed by atoms with Crippen LogP contribution in [0, 0.1) is 12.8 Å². The molecule has 0 saturated heterocycles. The second-order valence-electron chi connectivity index (χ2n) is 6.69. The van der Waals surface area contributed by atoms with E-state index in [4.69, 9.17) is 0 Å². The van der Waals surface area contributed by atoms with E-state index in [1.807, 2.05) is 31.2 Å². The number of carbonyl (C=O) groups is 1. The van der Waals surface area contributed by atoms with Crippen molar-refractivity contribution in [1.29, 1.82) is 0 Å². The smallest absolute Gasteiger partial charge is 0.314 e. The molecule has 1 N–H and O–H groups in total. The lowest BCUT2D eigenvalue weighted by atomic mass is 9.66. The standard InChI is InChI=1S/C19H28O2/c1-3-4-5-6-16-11-13-19(14-12-16,18(20)21)17-9-7-15(2)8-10-17/h7-10,16H,3-6,11-14H2,1-2H3,(H,20,21). The monoisotopic (exact) mass is 288 g/mol. The summed E-state index contributed by atoms with van der Waals surface area (Å²) >= 11 is 0. The number of benzene rings is 1. The first kappa shape index (κ1) is 16.1. The van der Waals surface area contributed by atoms with Gasteiger partial charge in [-0.15, -0.1) is 0 Å². The van der Waals surface area contributed by atoms with Gasteiger partial charge in [0, 0.05) is 0 Å². The van der Waals surface area contributed by atoms with Crippen LogP contribution in [0.1, 0.15) is 69.4 Å². The summed E-state index contributed by atoms with van der Waals surface area (Å²) in [6.45, 7) is 4.27. The Balaban J connectivity index is 2.05. The molecular formula is C19H28O2. The number of rotatable bonds is 6. The van der Waals surface area contributed by atoms with Gasteiger partial charge < -0.3 is 5.11 Å².